The number of aryl methyl sites for hydroxylation is 1. The van der Waals surface area contributed by atoms with Gasteiger partial charge >= 0.3 is 0 Å². The highest BCUT2D eigenvalue weighted by atomic mass is 32.2. The van der Waals surface area contributed by atoms with Crippen LogP contribution in [-0.2, 0) is 11.3 Å². The molecule has 1 aliphatic rings. The Balaban J connectivity index is 1.12. The number of thioether (sulfide) groups is 1. The summed E-state index contributed by atoms with van der Waals surface area (Å²) in [6.07, 6.45) is 0. The summed E-state index contributed by atoms with van der Waals surface area (Å²) in [4.78, 5) is 32.1. The van der Waals surface area contributed by atoms with E-state index in [0.29, 0.717) is 17.9 Å². The molecule has 188 valence electrons. The molecule has 5 nitrogen and oxygen atoms in total. The number of benzene rings is 4. The van der Waals surface area contributed by atoms with Crippen LogP contribution < -0.4 is 5.32 Å². The minimum atomic E-state index is -0.170. The van der Waals surface area contributed by atoms with Crippen molar-refractivity contribution in [3.63, 3.8) is 0 Å². The van der Waals surface area contributed by atoms with Crippen LogP contribution in [0.25, 0.3) is 20.8 Å². The second-order valence-electron chi connectivity index (χ2n) is 9.31. The zero-order chi connectivity index (χ0) is 26.1. The van der Waals surface area contributed by atoms with Gasteiger partial charge in [0.15, 0.2) is 0 Å². The first kappa shape index (κ1) is 24.4. The molecule has 38 heavy (non-hydrogen) atoms. The quantitative estimate of drug-likeness (QED) is 0.248. The van der Waals surface area contributed by atoms with Crippen molar-refractivity contribution >= 4 is 50.8 Å². The highest BCUT2D eigenvalue weighted by Gasteiger charge is 2.32. The number of carbonyl (C=O) groups excluding carboxylic acids is 2. The number of anilines is 1. The molecule has 0 spiro atoms. The Labute approximate surface area is 229 Å². The maximum Gasteiger partial charge on any atom is 0.255 e. The van der Waals surface area contributed by atoms with Gasteiger partial charge in [0.25, 0.3) is 5.91 Å². The van der Waals surface area contributed by atoms with Crippen LogP contribution in [0.4, 0.5) is 5.69 Å². The van der Waals surface area contributed by atoms with Gasteiger partial charge in [-0.15, -0.1) is 23.1 Å². The predicted octanol–water partition coefficient (Wildman–Crippen LogP) is 7.30. The summed E-state index contributed by atoms with van der Waals surface area (Å²) in [6, 6.07) is 31.6. The van der Waals surface area contributed by atoms with E-state index in [2.05, 4.69) is 30.4 Å². The highest BCUT2D eigenvalue weighted by molar-refractivity contribution is 8.00. The van der Waals surface area contributed by atoms with Crippen LogP contribution in [0.2, 0.25) is 0 Å². The van der Waals surface area contributed by atoms with Crippen LogP contribution >= 0.6 is 23.1 Å². The Kier molecular flexibility index (Phi) is 6.70. The second-order valence-corrected chi connectivity index (χ2v) is 11.4. The van der Waals surface area contributed by atoms with Gasteiger partial charge in [0.05, 0.1) is 16.0 Å². The molecule has 1 saturated heterocycles. The number of hydrogen-bond donors (Lipinski definition) is 1. The molecule has 5 aromatic rings. The van der Waals surface area contributed by atoms with E-state index in [1.54, 1.807) is 23.1 Å². The van der Waals surface area contributed by atoms with Gasteiger partial charge < -0.3 is 10.2 Å². The van der Waals surface area contributed by atoms with Crippen molar-refractivity contribution in [3.8, 4) is 10.6 Å². The average molecular weight is 536 g/mol. The van der Waals surface area contributed by atoms with E-state index in [9.17, 15) is 9.59 Å². The van der Waals surface area contributed by atoms with E-state index in [4.69, 9.17) is 4.98 Å². The van der Waals surface area contributed by atoms with Crippen LogP contribution in [0, 0.1) is 6.92 Å². The summed E-state index contributed by atoms with van der Waals surface area (Å²) in [6.45, 7) is 2.66. The number of amides is 2. The van der Waals surface area contributed by atoms with Crippen molar-refractivity contribution < 1.29 is 9.59 Å². The van der Waals surface area contributed by atoms with Crippen LogP contribution in [-0.4, -0.2) is 27.5 Å². The summed E-state index contributed by atoms with van der Waals surface area (Å²) in [5.41, 5.74) is 6.67. The number of thiazole rings is 1. The van der Waals surface area contributed by atoms with Gasteiger partial charge in [-0.1, -0.05) is 48.5 Å². The third kappa shape index (κ3) is 5.08. The Morgan fingerprint density at radius 3 is 2.50 bits per heavy atom. The van der Waals surface area contributed by atoms with Crippen molar-refractivity contribution in [2.75, 3.05) is 11.1 Å². The van der Waals surface area contributed by atoms with Gasteiger partial charge in [-0.2, -0.15) is 0 Å². The summed E-state index contributed by atoms with van der Waals surface area (Å²) in [7, 11) is 0. The second kappa shape index (κ2) is 10.4. The van der Waals surface area contributed by atoms with Crippen LogP contribution in [0.5, 0.6) is 0 Å². The van der Waals surface area contributed by atoms with E-state index < -0.39 is 0 Å². The Morgan fingerprint density at radius 1 is 0.974 bits per heavy atom. The molecule has 2 amide bonds. The maximum absolute atomic E-state index is 12.9. The fourth-order valence-electron chi connectivity index (χ4n) is 4.54. The molecular weight excluding hydrogens is 510 g/mol. The number of hydrogen-bond acceptors (Lipinski definition) is 5. The molecule has 0 bridgehead atoms. The molecule has 1 aliphatic heterocycles. The standard InChI is InChI=1S/C31H25N3O2S2/c1-20-7-16-26-27(17-20)38-30(33-26)23-12-14-25(15-13-23)32-29(36)22-8-10-24(11-9-22)31-34(28(35)19-37-31)18-21-5-3-2-4-6-21/h2-17,31H,18-19H2,1H3,(H,32,36)/t31-/m0/s1. The largest absolute Gasteiger partial charge is 0.322 e. The number of nitrogens with zero attached hydrogens (tertiary/aromatic N) is 2. The van der Waals surface area contributed by atoms with Gasteiger partial charge in [-0.3, -0.25) is 9.59 Å². The van der Waals surface area contributed by atoms with Crippen molar-refractivity contribution in [3.05, 3.63) is 119 Å². The first-order chi connectivity index (χ1) is 18.5. The fraction of sp³-hybridized carbons (Fsp3) is 0.129. The average Bonchev–Trinajstić information content (AvgIpc) is 3.53. The summed E-state index contributed by atoms with van der Waals surface area (Å²) in [5.74, 6) is 0.429. The van der Waals surface area contributed by atoms with Crippen molar-refractivity contribution in [2.24, 2.45) is 0 Å². The lowest BCUT2D eigenvalue weighted by Gasteiger charge is -2.24. The van der Waals surface area contributed by atoms with Crippen LogP contribution in [0.1, 0.15) is 32.4 Å². The molecule has 1 N–H and O–H groups in total. The first-order valence-electron chi connectivity index (χ1n) is 12.4. The van der Waals surface area contributed by atoms with Crippen molar-refractivity contribution in [1.82, 2.24) is 9.88 Å². The minimum absolute atomic E-state index is 0.0567. The van der Waals surface area contributed by atoms with Gasteiger partial charge in [-0.25, -0.2) is 4.98 Å². The van der Waals surface area contributed by atoms with E-state index in [1.807, 2.05) is 83.8 Å². The Hall–Kier alpha value is -3.94. The maximum atomic E-state index is 12.9. The van der Waals surface area contributed by atoms with E-state index in [1.165, 1.54) is 10.3 Å². The van der Waals surface area contributed by atoms with Crippen LogP contribution in [0.3, 0.4) is 0 Å². The third-order valence-electron chi connectivity index (χ3n) is 6.56. The zero-order valence-electron chi connectivity index (χ0n) is 20.8. The number of fused-ring (bicyclic) bond motifs is 1. The summed E-state index contributed by atoms with van der Waals surface area (Å²) >= 11 is 3.29. The zero-order valence-corrected chi connectivity index (χ0v) is 22.4. The normalized spacial score (nSPS) is 15.2. The summed E-state index contributed by atoms with van der Waals surface area (Å²) in [5, 5.41) is 3.89. The molecule has 1 atom stereocenters. The molecule has 0 aliphatic carbocycles. The molecule has 1 fully saturated rings. The van der Waals surface area contributed by atoms with E-state index in [-0.39, 0.29) is 17.2 Å². The molecule has 1 aromatic heterocycles. The van der Waals surface area contributed by atoms with E-state index in [0.717, 1.165) is 32.9 Å². The molecule has 0 saturated carbocycles. The Bertz CT molecular complexity index is 1610. The van der Waals surface area contributed by atoms with Crippen LogP contribution in [0.15, 0.2) is 97.1 Å². The number of rotatable bonds is 6. The molecule has 2 heterocycles. The van der Waals surface area contributed by atoms with Crippen molar-refractivity contribution in [2.45, 2.75) is 18.8 Å². The number of nitrogens with one attached hydrogen (secondary N) is 1. The lowest BCUT2D eigenvalue weighted by Crippen LogP contribution is -2.27. The SMILES string of the molecule is Cc1ccc2nc(-c3ccc(NC(=O)c4ccc([C@@H]5SCC(=O)N5Cc5ccccc5)cc4)cc3)sc2c1. The van der Waals surface area contributed by atoms with Crippen molar-refractivity contribution in [1.29, 1.82) is 0 Å². The molecule has 0 unspecified atom stereocenters. The van der Waals surface area contributed by atoms with Gasteiger partial charge in [0.1, 0.15) is 10.4 Å². The van der Waals surface area contributed by atoms with E-state index >= 15 is 0 Å². The molecule has 0 radical (unpaired) electrons. The fourth-order valence-corrected chi connectivity index (χ4v) is 6.79. The number of aromatic nitrogens is 1. The first-order valence-corrected chi connectivity index (χ1v) is 14.2. The molecule has 6 rings (SSSR count). The third-order valence-corrected chi connectivity index (χ3v) is 8.88. The molecular formula is C31H25N3O2S2. The smallest absolute Gasteiger partial charge is 0.255 e. The highest BCUT2D eigenvalue weighted by Crippen LogP contribution is 2.39. The number of carbonyl (C=O) groups is 2. The lowest BCUT2D eigenvalue weighted by molar-refractivity contribution is -0.128. The minimum Gasteiger partial charge on any atom is -0.322 e. The Morgan fingerprint density at radius 2 is 1.74 bits per heavy atom. The molecule has 7 heteroatoms. The predicted molar refractivity (Wildman–Crippen MR) is 156 cm³/mol. The lowest BCUT2D eigenvalue weighted by atomic mass is 10.1. The monoisotopic (exact) mass is 535 g/mol. The molecule has 4 aromatic carbocycles. The summed E-state index contributed by atoms with van der Waals surface area (Å²) < 4.78 is 1.17. The van der Waals surface area contributed by atoms with Gasteiger partial charge in [-0.05, 0) is 72.1 Å². The van der Waals surface area contributed by atoms with Gasteiger partial charge in [0, 0.05) is 23.4 Å². The topological polar surface area (TPSA) is 62.3 Å². The van der Waals surface area contributed by atoms with Gasteiger partial charge in [0.2, 0.25) is 5.91 Å².